The molecule has 0 aliphatic carbocycles. The molecule has 0 aliphatic heterocycles. The van der Waals surface area contributed by atoms with Crippen LogP contribution in [0.5, 0.6) is 0 Å². The number of hydrogen-bond acceptors (Lipinski definition) is 2. The minimum atomic E-state index is 0.121. The molecule has 0 saturated carbocycles. The third kappa shape index (κ3) is 6.55. The second kappa shape index (κ2) is 8.72. The van der Waals surface area contributed by atoms with E-state index in [9.17, 15) is 4.79 Å². The molecule has 0 aromatic heterocycles. The molecule has 1 rings (SSSR count). The molecule has 2 nitrogen and oxygen atoms in total. The summed E-state index contributed by atoms with van der Waals surface area (Å²) < 4.78 is 0. The van der Waals surface area contributed by atoms with E-state index in [1.165, 1.54) is 0 Å². The third-order valence-corrected chi connectivity index (χ3v) is 4.52. The van der Waals surface area contributed by atoms with Crippen LogP contribution in [0, 0.1) is 0 Å². The molecule has 1 N–H and O–H groups in total. The lowest BCUT2D eigenvalue weighted by molar-refractivity contribution is -0.121. The summed E-state index contributed by atoms with van der Waals surface area (Å²) in [5.74, 6) is 1.77. The maximum atomic E-state index is 11.6. The van der Waals surface area contributed by atoms with E-state index in [4.69, 9.17) is 23.2 Å². The Morgan fingerprint density at radius 1 is 1.37 bits per heavy atom. The van der Waals surface area contributed by atoms with Crippen LogP contribution in [-0.2, 0) is 10.5 Å². The van der Waals surface area contributed by atoms with Crippen LogP contribution in [0.2, 0.25) is 10.0 Å². The van der Waals surface area contributed by atoms with Crippen molar-refractivity contribution in [2.45, 2.75) is 38.5 Å². The Labute approximate surface area is 129 Å². The standard InChI is InChI=1S/C14H19Cl2NOS/c1-3-10(2)17-14(18)6-7-19-9-11-4-5-12(15)13(16)8-11/h4-5,8,10H,3,6-7,9H2,1-2H3,(H,17,18)/t10-/m0/s1. The third-order valence-electron chi connectivity index (χ3n) is 2.75. The number of halogens is 2. The van der Waals surface area contributed by atoms with Crippen molar-refractivity contribution in [3.63, 3.8) is 0 Å². The first-order chi connectivity index (χ1) is 9.02. The van der Waals surface area contributed by atoms with Gasteiger partial charge in [-0.15, -0.1) is 0 Å². The van der Waals surface area contributed by atoms with Crippen LogP contribution in [0.15, 0.2) is 18.2 Å². The molecule has 106 valence electrons. The van der Waals surface area contributed by atoms with Gasteiger partial charge in [-0.25, -0.2) is 0 Å². The summed E-state index contributed by atoms with van der Waals surface area (Å²) in [7, 11) is 0. The van der Waals surface area contributed by atoms with E-state index in [0.717, 1.165) is 23.5 Å². The molecule has 0 saturated heterocycles. The van der Waals surface area contributed by atoms with Crippen molar-refractivity contribution in [2.75, 3.05) is 5.75 Å². The maximum Gasteiger partial charge on any atom is 0.221 e. The van der Waals surface area contributed by atoms with Crippen molar-refractivity contribution >= 4 is 40.9 Å². The zero-order valence-corrected chi connectivity index (χ0v) is 13.5. The van der Waals surface area contributed by atoms with Gasteiger partial charge in [-0.1, -0.05) is 36.2 Å². The van der Waals surface area contributed by atoms with Gasteiger partial charge in [-0.3, -0.25) is 4.79 Å². The Hall–Kier alpha value is -0.380. The molecule has 1 aromatic carbocycles. The van der Waals surface area contributed by atoms with Crippen molar-refractivity contribution < 1.29 is 4.79 Å². The van der Waals surface area contributed by atoms with Crippen LogP contribution in [0.1, 0.15) is 32.3 Å². The van der Waals surface area contributed by atoms with Crippen molar-refractivity contribution in [1.29, 1.82) is 0 Å². The van der Waals surface area contributed by atoms with Gasteiger partial charge in [0.15, 0.2) is 0 Å². The van der Waals surface area contributed by atoms with Gasteiger partial charge in [0, 0.05) is 24.0 Å². The molecule has 1 amide bonds. The van der Waals surface area contributed by atoms with E-state index < -0.39 is 0 Å². The molecule has 0 unspecified atom stereocenters. The highest BCUT2D eigenvalue weighted by Crippen LogP contribution is 2.24. The minimum absolute atomic E-state index is 0.121. The molecule has 0 radical (unpaired) electrons. The Morgan fingerprint density at radius 3 is 2.74 bits per heavy atom. The highest BCUT2D eigenvalue weighted by atomic mass is 35.5. The van der Waals surface area contributed by atoms with Gasteiger partial charge < -0.3 is 5.32 Å². The van der Waals surface area contributed by atoms with E-state index in [1.54, 1.807) is 17.8 Å². The second-order valence-electron chi connectivity index (χ2n) is 4.43. The van der Waals surface area contributed by atoms with Gasteiger partial charge in [0.2, 0.25) is 5.91 Å². The predicted molar refractivity (Wildman–Crippen MR) is 85.1 cm³/mol. The molecule has 1 aromatic rings. The number of carbonyl (C=O) groups is 1. The normalized spacial score (nSPS) is 12.2. The van der Waals surface area contributed by atoms with Crippen LogP contribution in [-0.4, -0.2) is 17.7 Å². The molecule has 0 bridgehead atoms. The molecular formula is C14H19Cl2NOS. The summed E-state index contributed by atoms with van der Waals surface area (Å²) in [6.07, 6.45) is 1.51. The Bertz CT molecular complexity index is 426. The highest BCUT2D eigenvalue weighted by Gasteiger charge is 2.05. The number of amides is 1. The molecule has 5 heteroatoms. The summed E-state index contributed by atoms with van der Waals surface area (Å²) >= 11 is 13.5. The Balaban J connectivity index is 2.23. The van der Waals surface area contributed by atoms with Crippen LogP contribution in [0.25, 0.3) is 0 Å². The van der Waals surface area contributed by atoms with E-state index in [1.807, 2.05) is 19.1 Å². The van der Waals surface area contributed by atoms with Crippen LogP contribution < -0.4 is 5.32 Å². The fourth-order valence-corrected chi connectivity index (χ4v) is 2.64. The van der Waals surface area contributed by atoms with Crippen LogP contribution >= 0.6 is 35.0 Å². The smallest absolute Gasteiger partial charge is 0.221 e. The SMILES string of the molecule is CC[C@H](C)NC(=O)CCSCc1ccc(Cl)c(Cl)c1. The highest BCUT2D eigenvalue weighted by molar-refractivity contribution is 7.98. The van der Waals surface area contributed by atoms with Gasteiger partial charge in [-0.2, -0.15) is 11.8 Å². The van der Waals surface area contributed by atoms with Crippen LogP contribution in [0.4, 0.5) is 0 Å². The molecule has 0 spiro atoms. The first-order valence-corrected chi connectivity index (χ1v) is 8.25. The number of thioether (sulfide) groups is 1. The average molecular weight is 320 g/mol. The predicted octanol–water partition coefficient (Wildman–Crippen LogP) is 4.53. The van der Waals surface area contributed by atoms with Crippen molar-refractivity contribution in [3.8, 4) is 0 Å². The van der Waals surface area contributed by atoms with E-state index in [2.05, 4.69) is 12.2 Å². The lowest BCUT2D eigenvalue weighted by Crippen LogP contribution is -2.32. The van der Waals surface area contributed by atoms with E-state index >= 15 is 0 Å². The topological polar surface area (TPSA) is 29.1 Å². The van der Waals surface area contributed by atoms with Crippen LogP contribution in [0.3, 0.4) is 0 Å². The first-order valence-electron chi connectivity index (χ1n) is 6.34. The number of rotatable bonds is 7. The fraction of sp³-hybridized carbons (Fsp3) is 0.500. The molecule has 1 atom stereocenters. The quantitative estimate of drug-likeness (QED) is 0.748. The van der Waals surface area contributed by atoms with Crippen molar-refractivity contribution in [1.82, 2.24) is 5.32 Å². The summed E-state index contributed by atoms with van der Waals surface area (Å²) in [6.45, 7) is 4.07. The number of nitrogens with one attached hydrogen (secondary N) is 1. The monoisotopic (exact) mass is 319 g/mol. The second-order valence-corrected chi connectivity index (χ2v) is 6.35. The minimum Gasteiger partial charge on any atom is -0.354 e. The Morgan fingerprint density at radius 2 is 2.11 bits per heavy atom. The van der Waals surface area contributed by atoms with Crippen molar-refractivity contribution in [2.24, 2.45) is 0 Å². The van der Waals surface area contributed by atoms with Gasteiger partial charge in [0.25, 0.3) is 0 Å². The molecule has 0 heterocycles. The van der Waals surface area contributed by atoms with Gasteiger partial charge in [0.1, 0.15) is 0 Å². The van der Waals surface area contributed by atoms with Gasteiger partial charge >= 0.3 is 0 Å². The van der Waals surface area contributed by atoms with E-state index in [-0.39, 0.29) is 11.9 Å². The summed E-state index contributed by atoms with van der Waals surface area (Å²) in [4.78, 5) is 11.6. The first kappa shape index (κ1) is 16.7. The zero-order valence-electron chi connectivity index (χ0n) is 11.2. The van der Waals surface area contributed by atoms with Gasteiger partial charge in [-0.05, 0) is 31.0 Å². The Kier molecular flexibility index (Phi) is 7.66. The van der Waals surface area contributed by atoms with Gasteiger partial charge in [0.05, 0.1) is 10.0 Å². The zero-order chi connectivity index (χ0) is 14.3. The number of hydrogen-bond donors (Lipinski definition) is 1. The summed E-state index contributed by atoms with van der Waals surface area (Å²) in [5, 5.41) is 4.10. The van der Waals surface area contributed by atoms with E-state index in [0.29, 0.717) is 16.5 Å². The average Bonchev–Trinajstić information content (AvgIpc) is 2.38. The maximum absolute atomic E-state index is 11.6. The molecule has 19 heavy (non-hydrogen) atoms. The van der Waals surface area contributed by atoms with Crippen molar-refractivity contribution in [3.05, 3.63) is 33.8 Å². The molecule has 0 aliphatic rings. The number of carbonyl (C=O) groups excluding carboxylic acids is 1. The fourth-order valence-electron chi connectivity index (χ4n) is 1.43. The summed E-state index contributed by atoms with van der Waals surface area (Å²) in [6, 6.07) is 5.89. The molecule has 0 fully saturated rings. The lowest BCUT2D eigenvalue weighted by atomic mass is 10.2. The number of benzene rings is 1. The lowest BCUT2D eigenvalue weighted by Gasteiger charge is -2.11. The summed E-state index contributed by atoms with van der Waals surface area (Å²) in [5.41, 5.74) is 1.13. The largest absolute Gasteiger partial charge is 0.354 e. The molecular weight excluding hydrogens is 301 g/mol.